The monoisotopic (exact) mass is 263 g/mol. The highest BCUT2D eigenvalue weighted by Gasteiger charge is 2.17. The Kier molecular flexibility index (Phi) is 5.48. The summed E-state index contributed by atoms with van der Waals surface area (Å²) in [5.41, 5.74) is 0. The van der Waals surface area contributed by atoms with Crippen molar-refractivity contribution in [2.24, 2.45) is 7.05 Å². The molecule has 1 rings (SSSR count). The fourth-order valence-electron chi connectivity index (χ4n) is 1.17. The Morgan fingerprint density at radius 2 is 2.18 bits per heavy atom. The summed E-state index contributed by atoms with van der Waals surface area (Å²) in [6.45, 7) is 2.12. The first-order valence-corrected chi connectivity index (χ1v) is 6.60. The van der Waals surface area contributed by atoms with Gasteiger partial charge in [-0.1, -0.05) is 5.21 Å². The van der Waals surface area contributed by atoms with Crippen LogP contribution >= 0.6 is 0 Å². The number of sulfonamides is 1. The zero-order valence-corrected chi connectivity index (χ0v) is 10.7. The van der Waals surface area contributed by atoms with Crippen LogP contribution in [0.15, 0.2) is 11.2 Å². The average molecular weight is 263 g/mol. The van der Waals surface area contributed by atoms with E-state index in [1.807, 2.05) is 0 Å². The Labute approximate surface area is 100 Å². The molecule has 0 radical (unpaired) electrons. The molecular weight excluding hydrogens is 246 g/mol. The lowest BCUT2D eigenvalue weighted by Crippen LogP contribution is -2.33. The van der Waals surface area contributed by atoms with Gasteiger partial charge in [0.25, 0.3) is 10.0 Å². The fourth-order valence-corrected chi connectivity index (χ4v) is 2.26. The highest BCUT2D eigenvalue weighted by atomic mass is 32.2. The van der Waals surface area contributed by atoms with Crippen molar-refractivity contribution in [1.82, 2.24) is 25.0 Å². The summed E-state index contributed by atoms with van der Waals surface area (Å²) in [7, 11) is -0.387. The van der Waals surface area contributed by atoms with Gasteiger partial charge in [-0.05, 0) is 0 Å². The van der Waals surface area contributed by atoms with Gasteiger partial charge in [-0.3, -0.25) is 0 Å². The lowest BCUT2D eigenvalue weighted by atomic mass is 10.6. The van der Waals surface area contributed by atoms with Crippen molar-refractivity contribution in [1.29, 1.82) is 0 Å². The lowest BCUT2D eigenvalue weighted by molar-refractivity contribution is 0.199. The van der Waals surface area contributed by atoms with Gasteiger partial charge in [0.05, 0.1) is 12.8 Å². The van der Waals surface area contributed by atoms with Crippen LogP contribution in [0, 0.1) is 0 Å². The molecule has 0 aliphatic carbocycles. The lowest BCUT2D eigenvalue weighted by Gasteiger charge is -2.06. The van der Waals surface area contributed by atoms with Crippen LogP contribution in [0.3, 0.4) is 0 Å². The molecule has 0 bridgehead atoms. The fraction of sp³-hybridized carbons (Fsp3) is 0.750. The van der Waals surface area contributed by atoms with E-state index in [0.29, 0.717) is 26.2 Å². The van der Waals surface area contributed by atoms with Crippen molar-refractivity contribution in [3.8, 4) is 0 Å². The third-order valence-corrected chi connectivity index (χ3v) is 3.53. The van der Waals surface area contributed by atoms with Gasteiger partial charge in [-0.2, -0.15) is 0 Å². The summed E-state index contributed by atoms with van der Waals surface area (Å²) in [4.78, 5) is 0. The second-order valence-electron chi connectivity index (χ2n) is 3.34. The van der Waals surface area contributed by atoms with E-state index in [1.165, 1.54) is 17.9 Å². The summed E-state index contributed by atoms with van der Waals surface area (Å²) in [5.74, 6) is 0. The number of hydrogen-bond donors (Lipinski definition) is 2. The first-order valence-electron chi connectivity index (χ1n) is 5.12. The van der Waals surface area contributed by atoms with E-state index in [-0.39, 0.29) is 5.03 Å². The average Bonchev–Trinajstić information content (AvgIpc) is 2.70. The van der Waals surface area contributed by atoms with Crippen LogP contribution in [-0.4, -0.2) is 56.8 Å². The Morgan fingerprint density at radius 3 is 2.76 bits per heavy atom. The molecular formula is C8H17N5O3S. The second kappa shape index (κ2) is 6.64. The molecule has 17 heavy (non-hydrogen) atoms. The molecule has 98 valence electrons. The maximum absolute atomic E-state index is 11.7. The highest BCUT2D eigenvalue weighted by Crippen LogP contribution is 2.02. The number of aryl methyl sites for hydroxylation is 1. The van der Waals surface area contributed by atoms with E-state index in [4.69, 9.17) is 4.74 Å². The van der Waals surface area contributed by atoms with Crippen LogP contribution in [0.4, 0.5) is 0 Å². The quantitative estimate of drug-likeness (QED) is 0.544. The molecule has 0 unspecified atom stereocenters. The zero-order chi connectivity index (χ0) is 12.7. The number of aromatic nitrogens is 3. The summed E-state index contributed by atoms with van der Waals surface area (Å²) in [6.07, 6.45) is 1.21. The van der Waals surface area contributed by atoms with Gasteiger partial charge in [0.2, 0.25) is 0 Å². The number of nitrogens with one attached hydrogen (secondary N) is 2. The Morgan fingerprint density at radius 1 is 1.41 bits per heavy atom. The molecule has 8 nitrogen and oxygen atoms in total. The van der Waals surface area contributed by atoms with Crippen LogP contribution < -0.4 is 10.0 Å². The van der Waals surface area contributed by atoms with E-state index >= 15 is 0 Å². The number of nitrogens with zero attached hydrogens (tertiary/aromatic N) is 3. The van der Waals surface area contributed by atoms with Crippen molar-refractivity contribution >= 4 is 10.0 Å². The third-order valence-electron chi connectivity index (χ3n) is 2.03. The molecule has 0 fully saturated rings. The van der Waals surface area contributed by atoms with Crippen molar-refractivity contribution in [3.63, 3.8) is 0 Å². The zero-order valence-electron chi connectivity index (χ0n) is 9.88. The standard InChI is InChI=1S/C8H17N5O3S/c1-13-8(7-10-12-13)17(14,15)11-4-3-9-5-6-16-2/h7,9,11H,3-6H2,1-2H3. The van der Waals surface area contributed by atoms with Crippen molar-refractivity contribution in [2.75, 3.05) is 33.4 Å². The molecule has 0 amide bonds. The van der Waals surface area contributed by atoms with Gasteiger partial charge >= 0.3 is 0 Å². The van der Waals surface area contributed by atoms with Gasteiger partial charge in [0.15, 0.2) is 5.03 Å². The summed E-state index contributed by atoms with van der Waals surface area (Å²) >= 11 is 0. The largest absolute Gasteiger partial charge is 0.383 e. The molecule has 9 heteroatoms. The summed E-state index contributed by atoms with van der Waals surface area (Å²) < 4.78 is 32.0. The third kappa shape index (κ3) is 4.38. The Bertz CT molecular complexity index is 430. The highest BCUT2D eigenvalue weighted by molar-refractivity contribution is 7.89. The van der Waals surface area contributed by atoms with Gasteiger partial charge in [-0.15, -0.1) is 5.10 Å². The van der Waals surface area contributed by atoms with Crippen LogP contribution in [0.2, 0.25) is 0 Å². The predicted octanol–water partition coefficient (Wildman–Crippen LogP) is -1.67. The molecule has 1 aromatic heterocycles. The molecule has 0 aromatic carbocycles. The van der Waals surface area contributed by atoms with Crippen molar-refractivity contribution in [2.45, 2.75) is 5.03 Å². The number of ether oxygens (including phenoxy) is 1. The smallest absolute Gasteiger partial charge is 0.259 e. The predicted molar refractivity (Wildman–Crippen MR) is 60.9 cm³/mol. The Balaban J connectivity index is 2.34. The maximum atomic E-state index is 11.7. The van der Waals surface area contributed by atoms with Crippen molar-refractivity contribution < 1.29 is 13.2 Å². The second-order valence-corrected chi connectivity index (χ2v) is 5.05. The van der Waals surface area contributed by atoms with Crippen LogP contribution in [0.5, 0.6) is 0 Å². The maximum Gasteiger partial charge on any atom is 0.259 e. The summed E-state index contributed by atoms with van der Waals surface area (Å²) in [6, 6.07) is 0. The first-order chi connectivity index (χ1) is 8.08. The molecule has 0 spiro atoms. The van der Waals surface area contributed by atoms with E-state index < -0.39 is 10.0 Å². The van der Waals surface area contributed by atoms with Crippen LogP contribution in [-0.2, 0) is 21.8 Å². The van der Waals surface area contributed by atoms with Gasteiger partial charge in [0.1, 0.15) is 0 Å². The van der Waals surface area contributed by atoms with Crippen LogP contribution in [0.1, 0.15) is 0 Å². The molecule has 0 aliphatic rings. The number of hydrogen-bond acceptors (Lipinski definition) is 6. The minimum Gasteiger partial charge on any atom is -0.383 e. The van der Waals surface area contributed by atoms with E-state index in [0.717, 1.165) is 0 Å². The first kappa shape index (κ1) is 14.0. The molecule has 0 saturated heterocycles. The number of rotatable bonds is 8. The SMILES string of the molecule is COCCNCCNS(=O)(=O)c1cnnn1C. The Hall–Kier alpha value is -1.03. The minimum absolute atomic E-state index is 0.0504. The molecule has 0 aliphatic heterocycles. The molecule has 0 atom stereocenters. The molecule has 1 aromatic rings. The number of methoxy groups -OCH3 is 1. The normalized spacial score (nSPS) is 11.9. The summed E-state index contributed by atoms with van der Waals surface area (Å²) in [5, 5.41) is 10.2. The van der Waals surface area contributed by atoms with E-state index in [2.05, 4.69) is 20.4 Å². The van der Waals surface area contributed by atoms with Gasteiger partial charge < -0.3 is 10.1 Å². The van der Waals surface area contributed by atoms with Gasteiger partial charge in [-0.25, -0.2) is 17.8 Å². The van der Waals surface area contributed by atoms with Crippen LogP contribution in [0.25, 0.3) is 0 Å². The minimum atomic E-state index is -3.52. The van der Waals surface area contributed by atoms with Gasteiger partial charge in [0, 0.05) is 33.8 Å². The van der Waals surface area contributed by atoms with Crippen molar-refractivity contribution in [3.05, 3.63) is 6.20 Å². The molecule has 2 N–H and O–H groups in total. The topological polar surface area (TPSA) is 98.1 Å². The molecule has 1 heterocycles. The van der Waals surface area contributed by atoms with E-state index in [9.17, 15) is 8.42 Å². The van der Waals surface area contributed by atoms with E-state index in [1.54, 1.807) is 7.11 Å². The molecule has 0 saturated carbocycles.